The minimum absolute atomic E-state index is 0.0164. The monoisotopic (exact) mass is 352 g/mol. The highest BCUT2D eigenvalue weighted by molar-refractivity contribution is 5.80. The Kier molecular flexibility index (Phi) is 10.1. The zero-order chi connectivity index (χ0) is 18.7. The molecule has 0 fully saturated rings. The van der Waals surface area contributed by atoms with Crippen molar-refractivity contribution < 1.29 is 9.13 Å². The van der Waals surface area contributed by atoms with E-state index in [0.29, 0.717) is 5.56 Å². The third-order valence-electron chi connectivity index (χ3n) is 4.04. The minimum Gasteiger partial charge on any atom is -0.383 e. The fourth-order valence-corrected chi connectivity index (χ4v) is 2.38. The second-order valence-corrected chi connectivity index (χ2v) is 6.28. The number of hydrogen-bond acceptors (Lipinski definition) is 3. The second kappa shape index (κ2) is 11.8. The maximum atomic E-state index is 13.8. The SMILES string of the molecule is CCNC(=NCCCN(C)CCOC)NC(C)c1ccc(C)c(F)c1. The number of methoxy groups -OCH3 is 1. The average Bonchev–Trinajstić information content (AvgIpc) is 2.59. The predicted octanol–water partition coefficient (Wildman–Crippen LogP) is 2.72. The lowest BCUT2D eigenvalue weighted by atomic mass is 10.1. The lowest BCUT2D eigenvalue weighted by Gasteiger charge is -2.19. The molecule has 0 saturated heterocycles. The number of nitrogens with zero attached hydrogens (tertiary/aromatic N) is 2. The Balaban J connectivity index is 2.52. The van der Waals surface area contributed by atoms with Gasteiger partial charge in [0, 0.05) is 26.7 Å². The molecule has 2 N–H and O–H groups in total. The zero-order valence-electron chi connectivity index (χ0n) is 16.2. The normalized spacial score (nSPS) is 13.2. The molecule has 0 amide bonds. The van der Waals surface area contributed by atoms with Crippen molar-refractivity contribution in [2.75, 3.05) is 46.9 Å². The van der Waals surface area contributed by atoms with Crippen LogP contribution in [0.15, 0.2) is 23.2 Å². The summed E-state index contributed by atoms with van der Waals surface area (Å²) in [6, 6.07) is 5.33. The van der Waals surface area contributed by atoms with Crippen LogP contribution in [0.5, 0.6) is 0 Å². The summed E-state index contributed by atoms with van der Waals surface area (Å²) >= 11 is 0. The van der Waals surface area contributed by atoms with Gasteiger partial charge in [0.2, 0.25) is 0 Å². The Hall–Kier alpha value is -1.66. The molecule has 0 bridgehead atoms. The number of guanidine groups is 1. The number of aliphatic imine (C=N–C) groups is 1. The molecule has 0 aliphatic heterocycles. The quantitative estimate of drug-likeness (QED) is 0.386. The van der Waals surface area contributed by atoms with Crippen LogP contribution in [-0.4, -0.2) is 57.8 Å². The summed E-state index contributed by atoms with van der Waals surface area (Å²) in [6.07, 6.45) is 0.977. The minimum atomic E-state index is -0.174. The highest BCUT2D eigenvalue weighted by Crippen LogP contribution is 2.16. The van der Waals surface area contributed by atoms with Crippen LogP contribution in [0.4, 0.5) is 4.39 Å². The number of rotatable bonds is 10. The Labute approximate surface area is 151 Å². The maximum Gasteiger partial charge on any atom is 0.191 e. The molecule has 142 valence electrons. The summed E-state index contributed by atoms with van der Waals surface area (Å²) < 4.78 is 18.8. The molecule has 0 aromatic heterocycles. The van der Waals surface area contributed by atoms with E-state index in [-0.39, 0.29) is 11.9 Å². The molecule has 0 saturated carbocycles. The van der Waals surface area contributed by atoms with E-state index in [9.17, 15) is 4.39 Å². The van der Waals surface area contributed by atoms with E-state index in [1.165, 1.54) is 0 Å². The lowest BCUT2D eigenvalue weighted by Crippen LogP contribution is -2.39. The van der Waals surface area contributed by atoms with Gasteiger partial charge in [-0.15, -0.1) is 0 Å². The van der Waals surface area contributed by atoms with E-state index in [1.54, 1.807) is 20.1 Å². The first-order valence-corrected chi connectivity index (χ1v) is 8.96. The number of nitrogens with one attached hydrogen (secondary N) is 2. The van der Waals surface area contributed by atoms with Gasteiger partial charge >= 0.3 is 0 Å². The summed E-state index contributed by atoms with van der Waals surface area (Å²) in [4.78, 5) is 6.85. The van der Waals surface area contributed by atoms with Gasteiger partial charge in [-0.25, -0.2) is 4.39 Å². The zero-order valence-corrected chi connectivity index (χ0v) is 16.2. The number of aryl methyl sites for hydroxylation is 1. The molecule has 0 aliphatic rings. The largest absolute Gasteiger partial charge is 0.383 e. The first kappa shape index (κ1) is 21.4. The van der Waals surface area contributed by atoms with Crippen LogP contribution in [0.3, 0.4) is 0 Å². The molecule has 1 atom stereocenters. The summed E-state index contributed by atoms with van der Waals surface area (Å²) in [7, 11) is 3.80. The Morgan fingerprint density at radius 3 is 2.76 bits per heavy atom. The van der Waals surface area contributed by atoms with Crippen LogP contribution < -0.4 is 10.6 Å². The molecule has 0 aliphatic carbocycles. The summed E-state index contributed by atoms with van der Waals surface area (Å²) in [6.45, 7) is 9.98. The summed E-state index contributed by atoms with van der Waals surface area (Å²) in [5.74, 6) is 0.586. The standard InChI is InChI=1S/C19H33FN4O/c1-6-21-19(22-10-7-11-24(4)12-13-25-5)23-16(3)17-9-8-15(2)18(20)14-17/h8-9,14,16H,6-7,10-13H2,1-5H3,(H2,21,22,23). The number of hydrogen-bond donors (Lipinski definition) is 2. The van der Waals surface area contributed by atoms with Crippen molar-refractivity contribution in [3.05, 3.63) is 35.1 Å². The number of halogens is 1. The summed E-state index contributed by atoms with van der Waals surface area (Å²) in [5, 5.41) is 6.59. The van der Waals surface area contributed by atoms with E-state index in [2.05, 4.69) is 27.6 Å². The van der Waals surface area contributed by atoms with Gasteiger partial charge in [0.1, 0.15) is 5.82 Å². The molecule has 0 spiro atoms. The number of ether oxygens (including phenoxy) is 1. The van der Waals surface area contributed by atoms with Crippen LogP contribution in [0.25, 0.3) is 0 Å². The molecule has 5 nitrogen and oxygen atoms in total. The number of likely N-dealkylation sites (N-methyl/N-ethyl adjacent to an activating group) is 1. The molecule has 0 heterocycles. The molecule has 1 unspecified atom stereocenters. The van der Waals surface area contributed by atoms with E-state index >= 15 is 0 Å². The second-order valence-electron chi connectivity index (χ2n) is 6.28. The van der Waals surface area contributed by atoms with Crippen molar-refractivity contribution in [1.82, 2.24) is 15.5 Å². The molecule has 1 rings (SSSR count). The van der Waals surface area contributed by atoms with Gasteiger partial charge in [-0.2, -0.15) is 0 Å². The van der Waals surface area contributed by atoms with Crippen LogP contribution in [-0.2, 0) is 4.74 Å². The molecule has 0 radical (unpaired) electrons. The molecule has 1 aromatic rings. The fraction of sp³-hybridized carbons (Fsp3) is 0.632. The van der Waals surface area contributed by atoms with Crippen molar-refractivity contribution in [3.63, 3.8) is 0 Å². The Morgan fingerprint density at radius 2 is 2.12 bits per heavy atom. The smallest absolute Gasteiger partial charge is 0.191 e. The molecular weight excluding hydrogens is 319 g/mol. The third kappa shape index (κ3) is 8.31. The average molecular weight is 352 g/mol. The van der Waals surface area contributed by atoms with E-state index in [0.717, 1.165) is 50.7 Å². The van der Waals surface area contributed by atoms with Crippen molar-refractivity contribution in [1.29, 1.82) is 0 Å². The molecule has 25 heavy (non-hydrogen) atoms. The number of benzene rings is 1. The first-order chi connectivity index (χ1) is 12.0. The van der Waals surface area contributed by atoms with Crippen molar-refractivity contribution in [2.24, 2.45) is 4.99 Å². The van der Waals surface area contributed by atoms with Crippen LogP contribution in [0, 0.1) is 12.7 Å². The van der Waals surface area contributed by atoms with Crippen LogP contribution in [0.2, 0.25) is 0 Å². The highest BCUT2D eigenvalue weighted by atomic mass is 19.1. The van der Waals surface area contributed by atoms with Crippen LogP contribution in [0.1, 0.15) is 37.4 Å². The molecule has 6 heteroatoms. The van der Waals surface area contributed by atoms with Gasteiger partial charge in [-0.1, -0.05) is 12.1 Å². The van der Waals surface area contributed by atoms with Gasteiger partial charge < -0.3 is 20.3 Å². The van der Waals surface area contributed by atoms with Gasteiger partial charge in [-0.3, -0.25) is 4.99 Å². The third-order valence-corrected chi connectivity index (χ3v) is 4.04. The van der Waals surface area contributed by atoms with E-state index in [1.807, 2.05) is 26.0 Å². The molecular formula is C19H33FN4O. The van der Waals surface area contributed by atoms with Gasteiger partial charge in [0.05, 0.1) is 12.6 Å². The van der Waals surface area contributed by atoms with Crippen molar-refractivity contribution in [2.45, 2.75) is 33.2 Å². The van der Waals surface area contributed by atoms with Crippen molar-refractivity contribution >= 4 is 5.96 Å². The highest BCUT2D eigenvalue weighted by Gasteiger charge is 2.09. The lowest BCUT2D eigenvalue weighted by molar-refractivity contribution is 0.161. The van der Waals surface area contributed by atoms with Gasteiger partial charge in [-0.05, 0) is 58.0 Å². The topological polar surface area (TPSA) is 48.9 Å². The predicted molar refractivity (Wildman–Crippen MR) is 103 cm³/mol. The van der Waals surface area contributed by atoms with Gasteiger partial charge in [0.15, 0.2) is 5.96 Å². The maximum absolute atomic E-state index is 13.8. The Morgan fingerprint density at radius 1 is 1.36 bits per heavy atom. The van der Waals surface area contributed by atoms with Crippen molar-refractivity contribution in [3.8, 4) is 0 Å². The van der Waals surface area contributed by atoms with E-state index in [4.69, 9.17) is 4.74 Å². The van der Waals surface area contributed by atoms with Gasteiger partial charge in [0.25, 0.3) is 0 Å². The Bertz CT molecular complexity index is 536. The van der Waals surface area contributed by atoms with Crippen LogP contribution >= 0.6 is 0 Å². The first-order valence-electron chi connectivity index (χ1n) is 8.96. The molecule has 1 aromatic carbocycles. The van der Waals surface area contributed by atoms with E-state index < -0.39 is 0 Å². The summed E-state index contributed by atoms with van der Waals surface area (Å²) in [5.41, 5.74) is 1.57. The fourth-order valence-electron chi connectivity index (χ4n) is 2.38.